The first-order valence-corrected chi connectivity index (χ1v) is 13.1. The highest BCUT2D eigenvalue weighted by molar-refractivity contribution is 7.91. The van der Waals surface area contributed by atoms with Gasteiger partial charge in [0.15, 0.2) is 15.4 Å². The molecule has 1 amide bonds. The minimum absolute atomic E-state index is 0.0358. The summed E-state index contributed by atoms with van der Waals surface area (Å²) in [7, 11) is -3.26. The average molecular weight is 520 g/mol. The van der Waals surface area contributed by atoms with Gasteiger partial charge in [0, 0.05) is 11.3 Å². The highest BCUT2D eigenvalue weighted by Gasteiger charge is 2.43. The van der Waals surface area contributed by atoms with Crippen molar-refractivity contribution in [3.8, 4) is 5.75 Å². The van der Waals surface area contributed by atoms with E-state index in [0.29, 0.717) is 34.7 Å². The van der Waals surface area contributed by atoms with Crippen LogP contribution < -0.4 is 10.1 Å². The van der Waals surface area contributed by atoms with Crippen molar-refractivity contribution < 1.29 is 22.7 Å². The fourth-order valence-corrected chi connectivity index (χ4v) is 4.74. The van der Waals surface area contributed by atoms with E-state index in [1.165, 1.54) is 12.1 Å². The van der Waals surface area contributed by atoms with Crippen molar-refractivity contribution in [3.63, 3.8) is 0 Å². The van der Waals surface area contributed by atoms with Gasteiger partial charge < -0.3 is 14.8 Å². The van der Waals surface area contributed by atoms with Gasteiger partial charge in [0.2, 0.25) is 5.91 Å². The third-order valence-corrected chi connectivity index (χ3v) is 8.08. The molecule has 0 bridgehead atoms. The van der Waals surface area contributed by atoms with E-state index in [1.54, 1.807) is 55.5 Å². The molecule has 1 aliphatic rings. The number of sulfone groups is 1. The Hall–Kier alpha value is -2.58. The Morgan fingerprint density at radius 1 is 1.00 bits per heavy atom. The lowest BCUT2D eigenvalue weighted by Crippen LogP contribution is -2.51. The van der Waals surface area contributed by atoms with Crippen LogP contribution in [0.3, 0.4) is 0 Å². The van der Waals surface area contributed by atoms with Gasteiger partial charge in [0.25, 0.3) is 0 Å². The first-order valence-electron chi connectivity index (χ1n) is 10.6. The van der Waals surface area contributed by atoms with E-state index < -0.39 is 15.4 Å². The number of nitrogens with one attached hydrogen (secondary N) is 1. The molecule has 3 aromatic rings. The summed E-state index contributed by atoms with van der Waals surface area (Å²) in [6, 6.07) is 18.8. The van der Waals surface area contributed by atoms with Gasteiger partial charge >= 0.3 is 0 Å². The Bertz CT molecular complexity index is 1290. The molecule has 1 saturated heterocycles. The topological polar surface area (TPSA) is 81.7 Å². The lowest BCUT2D eigenvalue weighted by atomic mass is 9.91. The molecule has 3 aromatic carbocycles. The molecule has 0 unspecified atom stereocenters. The maximum Gasteiger partial charge on any atom is 0.228 e. The SMILES string of the molecule is CCS(=O)(=O)c1ccc(CC(=O)Nc2ccc(OC3(c4ccc(Cl)c(Cl)c4)COC3)cc2)cc1. The van der Waals surface area contributed by atoms with Crippen LogP contribution in [0.25, 0.3) is 0 Å². The van der Waals surface area contributed by atoms with Gasteiger partial charge in [-0.2, -0.15) is 0 Å². The first kappa shape index (κ1) is 24.5. The van der Waals surface area contributed by atoms with Gasteiger partial charge in [-0.15, -0.1) is 0 Å². The molecule has 0 radical (unpaired) electrons. The fourth-order valence-electron chi connectivity index (χ4n) is 3.56. The normalized spacial score (nSPS) is 14.8. The average Bonchev–Trinajstić information content (AvgIpc) is 2.79. The molecule has 6 nitrogen and oxygen atoms in total. The number of hydrogen-bond acceptors (Lipinski definition) is 5. The molecule has 9 heteroatoms. The highest BCUT2D eigenvalue weighted by atomic mass is 35.5. The predicted molar refractivity (Wildman–Crippen MR) is 133 cm³/mol. The predicted octanol–water partition coefficient (Wildman–Crippen LogP) is 5.27. The Labute approximate surface area is 208 Å². The lowest BCUT2D eigenvalue weighted by Gasteiger charge is -2.41. The Morgan fingerprint density at radius 3 is 2.24 bits per heavy atom. The minimum Gasteiger partial charge on any atom is -0.478 e. The van der Waals surface area contributed by atoms with Gasteiger partial charge in [-0.1, -0.05) is 48.3 Å². The zero-order valence-electron chi connectivity index (χ0n) is 18.4. The number of benzene rings is 3. The smallest absolute Gasteiger partial charge is 0.228 e. The van der Waals surface area contributed by atoms with Gasteiger partial charge in [0.1, 0.15) is 5.75 Å². The summed E-state index contributed by atoms with van der Waals surface area (Å²) in [6.07, 6.45) is 0.127. The third-order valence-electron chi connectivity index (χ3n) is 5.59. The molecule has 1 aliphatic heterocycles. The van der Waals surface area contributed by atoms with E-state index in [1.807, 2.05) is 6.07 Å². The summed E-state index contributed by atoms with van der Waals surface area (Å²) >= 11 is 12.2. The molecule has 0 saturated carbocycles. The molecule has 4 rings (SSSR count). The standard InChI is InChI=1S/C25H23Cl2NO5S/c1-2-34(30,31)21-10-3-17(4-11-21)13-24(29)28-19-6-8-20(9-7-19)33-25(15-32-16-25)18-5-12-22(26)23(27)14-18/h3-12,14H,2,13,15-16H2,1H3,(H,28,29). The summed E-state index contributed by atoms with van der Waals surface area (Å²) in [4.78, 5) is 12.7. The van der Waals surface area contributed by atoms with E-state index in [0.717, 1.165) is 11.1 Å². The summed E-state index contributed by atoms with van der Waals surface area (Å²) in [6.45, 7) is 2.38. The van der Waals surface area contributed by atoms with Crippen molar-refractivity contribution in [2.24, 2.45) is 0 Å². The Kier molecular flexibility index (Phi) is 7.19. The van der Waals surface area contributed by atoms with Crippen LogP contribution in [-0.2, 0) is 31.4 Å². The molecular weight excluding hydrogens is 497 g/mol. The summed E-state index contributed by atoms with van der Waals surface area (Å²) in [5.41, 5.74) is 1.58. The monoisotopic (exact) mass is 519 g/mol. The number of halogens is 2. The Morgan fingerprint density at radius 2 is 1.68 bits per heavy atom. The van der Waals surface area contributed by atoms with E-state index in [4.69, 9.17) is 32.7 Å². The lowest BCUT2D eigenvalue weighted by molar-refractivity contribution is -0.167. The van der Waals surface area contributed by atoms with Gasteiger partial charge in [0.05, 0.1) is 40.3 Å². The van der Waals surface area contributed by atoms with Crippen LogP contribution in [-0.4, -0.2) is 33.3 Å². The van der Waals surface area contributed by atoms with E-state index in [9.17, 15) is 13.2 Å². The number of rotatable bonds is 8. The second-order valence-electron chi connectivity index (χ2n) is 8.01. The fraction of sp³-hybridized carbons (Fsp3) is 0.240. The van der Waals surface area contributed by atoms with E-state index in [-0.39, 0.29) is 23.0 Å². The van der Waals surface area contributed by atoms with Crippen molar-refractivity contribution in [1.82, 2.24) is 0 Å². The van der Waals surface area contributed by atoms with Crippen LogP contribution in [0, 0.1) is 0 Å². The first-order chi connectivity index (χ1) is 16.2. The van der Waals surface area contributed by atoms with Crippen LogP contribution in [0.4, 0.5) is 5.69 Å². The van der Waals surface area contributed by atoms with E-state index >= 15 is 0 Å². The van der Waals surface area contributed by atoms with Crippen molar-refractivity contribution in [2.75, 3.05) is 24.3 Å². The number of amides is 1. The quantitative estimate of drug-likeness (QED) is 0.438. The Balaban J connectivity index is 1.38. The summed E-state index contributed by atoms with van der Waals surface area (Å²) < 4.78 is 35.5. The van der Waals surface area contributed by atoms with Crippen LogP contribution in [0.1, 0.15) is 18.1 Å². The molecule has 178 valence electrons. The molecule has 34 heavy (non-hydrogen) atoms. The largest absolute Gasteiger partial charge is 0.478 e. The van der Waals surface area contributed by atoms with Gasteiger partial charge in [-0.25, -0.2) is 8.42 Å². The van der Waals surface area contributed by atoms with Crippen molar-refractivity contribution in [1.29, 1.82) is 0 Å². The van der Waals surface area contributed by atoms with Gasteiger partial charge in [-0.05, 0) is 54.1 Å². The van der Waals surface area contributed by atoms with Crippen LogP contribution in [0.5, 0.6) is 5.75 Å². The molecule has 0 aliphatic carbocycles. The second-order valence-corrected chi connectivity index (χ2v) is 11.1. The van der Waals surface area contributed by atoms with Gasteiger partial charge in [-0.3, -0.25) is 4.79 Å². The van der Waals surface area contributed by atoms with Crippen molar-refractivity contribution in [2.45, 2.75) is 23.8 Å². The number of carbonyl (C=O) groups is 1. The molecule has 0 atom stereocenters. The number of ether oxygens (including phenoxy) is 2. The maximum atomic E-state index is 12.4. The zero-order chi connectivity index (χ0) is 24.3. The van der Waals surface area contributed by atoms with Crippen molar-refractivity contribution >= 4 is 44.6 Å². The molecule has 1 fully saturated rings. The molecule has 0 aromatic heterocycles. The van der Waals surface area contributed by atoms with Crippen LogP contribution in [0.2, 0.25) is 10.0 Å². The maximum absolute atomic E-state index is 12.4. The second kappa shape index (κ2) is 9.96. The number of hydrogen-bond donors (Lipinski definition) is 1. The third kappa shape index (κ3) is 5.39. The summed E-state index contributed by atoms with van der Waals surface area (Å²) in [5.74, 6) is 0.452. The summed E-state index contributed by atoms with van der Waals surface area (Å²) in [5, 5.41) is 3.77. The minimum atomic E-state index is -3.26. The number of anilines is 1. The molecule has 1 heterocycles. The number of carbonyl (C=O) groups excluding carboxylic acids is 1. The van der Waals surface area contributed by atoms with E-state index in [2.05, 4.69) is 5.32 Å². The molecule has 0 spiro atoms. The van der Waals surface area contributed by atoms with Crippen LogP contribution >= 0.6 is 23.2 Å². The molecular formula is C25H23Cl2NO5S. The van der Waals surface area contributed by atoms with Crippen molar-refractivity contribution in [3.05, 3.63) is 87.9 Å². The highest BCUT2D eigenvalue weighted by Crippen LogP contribution is 2.38. The van der Waals surface area contributed by atoms with Crippen LogP contribution in [0.15, 0.2) is 71.6 Å². The zero-order valence-corrected chi connectivity index (χ0v) is 20.7. The molecule has 1 N–H and O–H groups in total.